The molecule has 1 atom stereocenters. The quantitative estimate of drug-likeness (QED) is 0.793. The first-order valence-corrected chi connectivity index (χ1v) is 5.04. The zero-order chi connectivity index (χ0) is 11.3. The molecule has 82 valence electrons. The molecule has 0 radical (unpaired) electrons. The highest BCUT2D eigenvalue weighted by Gasteiger charge is 2.15. The van der Waals surface area contributed by atoms with Crippen LogP contribution in [0.3, 0.4) is 0 Å². The molecule has 1 amide bonds. The molecule has 4 heteroatoms. The normalized spacial score (nSPS) is 12.2. The summed E-state index contributed by atoms with van der Waals surface area (Å²) in [5.41, 5.74) is 6.68. The number of amides is 1. The van der Waals surface area contributed by atoms with Gasteiger partial charge in [0.05, 0.1) is 6.04 Å². The molecule has 0 aliphatic rings. The molecule has 0 aromatic carbocycles. The largest absolute Gasteiger partial charge is 0.340 e. The molecule has 2 N–H and O–H groups in total. The molecule has 15 heavy (non-hydrogen) atoms. The van der Waals surface area contributed by atoms with Crippen LogP contribution in [0.4, 0.5) is 0 Å². The number of pyridine rings is 1. The number of nitrogens with zero attached hydrogens (tertiary/aromatic N) is 2. The van der Waals surface area contributed by atoms with Crippen molar-refractivity contribution in [2.45, 2.75) is 25.9 Å². The molecule has 0 aliphatic heterocycles. The first kappa shape index (κ1) is 11.7. The molecule has 0 fully saturated rings. The molecule has 1 aromatic rings. The predicted octanol–water partition coefficient (Wildman–Crippen LogP) is 0.777. The monoisotopic (exact) mass is 207 g/mol. The van der Waals surface area contributed by atoms with Crippen molar-refractivity contribution in [2.75, 3.05) is 7.05 Å². The van der Waals surface area contributed by atoms with Gasteiger partial charge in [0.25, 0.3) is 0 Å². The van der Waals surface area contributed by atoms with E-state index in [1.807, 2.05) is 19.1 Å². The van der Waals surface area contributed by atoms with Gasteiger partial charge in [-0.1, -0.05) is 13.0 Å². The summed E-state index contributed by atoms with van der Waals surface area (Å²) >= 11 is 0. The minimum atomic E-state index is -0.397. The van der Waals surface area contributed by atoms with Crippen LogP contribution in [0.15, 0.2) is 24.5 Å². The molecule has 0 unspecified atom stereocenters. The average Bonchev–Trinajstić information content (AvgIpc) is 2.28. The number of carbonyl (C=O) groups excluding carboxylic acids is 1. The van der Waals surface area contributed by atoms with Crippen molar-refractivity contribution >= 4 is 5.91 Å². The summed E-state index contributed by atoms with van der Waals surface area (Å²) in [5, 5.41) is 0. The second-order valence-corrected chi connectivity index (χ2v) is 3.57. The number of hydrogen-bond acceptors (Lipinski definition) is 3. The number of aromatic nitrogens is 1. The van der Waals surface area contributed by atoms with Crippen LogP contribution in [-0.4, -0.2) is 28.9 Å². The lowest BCUT2D eigenvalue weighted by atomic mass is 10.2. The van der Waals surface area contributed by atoms with E-state index in [1.165, 1.54) is 0 Å². The van der Waals surface area contributed by atoms with Crippen molar-refractivity contribution in [3.8, 4) is 0 Å². The Hall–Kier alpha value is -1.42. The number of likely N-dealkylation sites (N-methyl/N-ethyl adjacent to an activating group) is 1. The lowest BCUT2D eigenvalue weighted by Gasteiger charge is -2.20. The van der Waals surface area contributed by atoms with Crippen molar-refractivity contribution in [1.82, 2.24) is 9.88 Å². The second kappa shape index (κ2) is 5.46. The van der Waals surface area contributed by atoms with Crippen molar-refractivity contribution < 1.29 is 4.79 Å². The lowest BCUT2D eigenvalue weighted by Crippen LogP contribution is -2.40. The molecule has 0 saturated carbocycles. The maximum Gasteiger partial charge on any atom is 0.239 e. The van der Waals surface area contributed by atoms with Crippen molar-refractivity contribution in [1.29, 1.82) is 0 Å². The molecular formula is C11H17N3O. The summed E-state index contributed by atoms with van der Waals surface area (Å²) in [5.74, 6) is -0.0265. The van der Waals surface area contributed by atoms with Crippen LogP contribution in [-0.2, 0) is 11.3 Å². The predicted molar refractivity (Wildman–Crippen MR) is 59.0 cm³/mol. The van der Waals surface area contributed by atoms with E-state index < -0.39 is 6.04 Å². The molecular weight excluding hydrogens is 190 g/mol. The Morgan fingerprint density at radius 2 is 2.40 bits per heavy atom. The third-order valence-corrected chi connectivity index (χ3v) is 2.28. The Morgan fingerprint density at radius 3 is 2.93 bits per heavy atom. The minimum absolute atomic E-state index is 0.0265. The fourth-order valence-corrected chi connectivity index (χ4v) is 1.30. The Balaban J connectivity index is 2.56. The number of nitrogens with two attached hydrogens (primary N) is 1. The van der Waals surface area contributed by atoms with Gasteiger partial charge in [0.1, 0.15) is 0 Å². The molecule has 1 rings (SSSR count). The van der Waals surface area contributed by atoms with E-state index in [2.05, 4.69) is 4.98 Å². The molecule has 0 saturated heterocycles. The number of rotatable bonds is 4. The van der Waals surface area contributed by atoms with E-state index in [4.69, 9.17) is 5.73 Å². The van der Waals surface area contributed by atoms with Crippen molar-refractivity contribution in [2.24, 2.45) is 5.73 Å². The zero-order valence-electron chi connectivity index (χ0n) is 9.18. The number of hydrogen-bond donors (Lipinski definition) is 1. The van der Waals surface area contributed by atoms with Crippen LogP contribution in [0.25, 0.3) is 0 Å². The van der Waals surface area contributed by atoms with E-state index in [9.17, 15) is 4.79 Å². The lowest BCUT2D eigenvalue weighted by molar-refractivity contribution is -0.131. The fourth-order valence-electron chi connectivity index (χ4n) is 1.30. The summed E-state index contributed by atoms with van der Waals surface area (Å²) in [6.45, 7) is 2.46. The minimum Gasteiger partial charge on any atom is -0.340 e. The van der Waals surface area contributed by atoms with Crippen molar-refractivity contribution in [3.05, 3.63) is 30.1 Å². The molecule has 4 nitrogen and oxygen atoms in total. The van der Waals surface area contributed by atoms with Gasteiger partial charge in [-0.25, -0.2) is 0 Å². The van der Waals surface area contributed by atoms with Gasteiger partial charge in [0.2, 0.25) is 5.91 Å². The van der Waals surface area contributed by atoms with Gasteiger partial charge in [-0.2, -0.15) is 0 Å². The molecule has 1 aromatic heterocycles. The standard InChI is InChI=1S/C11H17N3O/c1-3-10(12)11(15)14(2)8-9-5-4-6-13-7-9/h4-7,10H,3,8,12H2,1-2H3/t10-/m0/s1. The molecule has 0 spiro atoms. The van der Waals surface area contributed by atoms with E-state index in [0.29, 0.717) is 13.0 Å². The third kappa shape index (κ3) is 3.32. The van der Waals surface area contributed by atoms with Gasteiger partial charge in [-0.15, -0.1) is 0 Å². The van der Waals surface area contributed by atoms with Gasteiger partial charge in [0, 0.05) is 26.0 Å². The summed E-state index contributed by atoms with van der Waals surface area (Å²) in [7, 11) is 1.75. The topological polar surface area (TPSA) is 59.2 Å². The van der Waals surface area contributed by atoms with Crippen LogP contribution in [0.5, 0.6) is 0 Å². The number of carbonyl (C=O) groups is 1. The SMILES string of the molecule is CC[C@H](N)C(=O)N(C)Cc1cccnc1. The van der Waals surface area contributed by atoms with Gasteiger partial charge in [-0.05, 0) is 18.1 Å². The summed E-state index contributed by atoms with van der Waals surface area (Å²) < 4.78 is 0. The maximum atomic E-state index is 11.7. The summed E-state index contributed by atoms with van der Waals surface area (Å²) in [6.07, 6.45) is 4.13. The highest BCUT2D eigenvalue weighted by molar-refractivity contribution is 5.81. The Kier molecular flexibility index (Phi) is 4.24. The van der Waals surface area contributed by atoms with E-state index in [0.717, 1.165) is 5.56 Å². The van der Waals surface area contributed by atoms with Crippen LogP contribution >= 0.6 is 0 Å². The maximum absolute atomic E-state index is 11.7. The second-order valence-electron chi connectivity index (χ2n) is 3.57. The van der Waals surface area contributed by atoms with E-state index in [1.54, 1.807) is 24.3 Å². The van der Waals surface area contributed by atoms with Gasteiger partial charge in [-0.3, -0.25) is 9.78 Å². The first-order chi connectivity index (χ1) is 7.15. The van der Waals surface area contributed by atoms with Crippen LogP contribution in [0.2, 0.25) is 0 Å². The van der Waals surface area contributed by atoms with E-state index >= 15 is 0 Å². The third-order valence-electron chi connectivity index (χ3n) is 2.28. The highest BCUT2D eigenvalue weighted by Crippen LogP contribution is 2.02. The zero-order valence-corrected chi connectivity index (χ0v) is 9.18. The van der Waals surface area contributed by atoms with Crippen molar-refractivity contribution in [3.63, 3.8) is 0 Å². The Bertz CT molecular complexity index is 313. The smallest absolute Gasteiger partial charge is 0.239 e. The summed E-state index contributed by atoms with van der Waals surface area (Å²) in [4.78, 5) is 17.3. The van der Waals surface area contributed by atoms with Crippen LogP contribution in [0, 0.1) is 0 Å². The molecule has 0 bridgehead atoms. The first-order valence-electron chi connectivity index (χ1n) is 5.04. The van der Waals surface area contributed by atoms with E-state index in [-0.39, 0.29) is 5.91 Å². The van der Waals surface area contributed by atoms with Gasteiger partial charge < -0.3 is 10.6 Å². The highest BCUT2D eigenvalue weighted by atomic mass is 16.2. The Labute approximate surface area is 90.1 Å². The van der Waals surface area contributed by atoms with Gasteiger partial charge >= 0.3 is 0 Å². The summed E-state index contributed by atoms with van der Waals surface area (Å²) in [6, 6.07) is 3.40. The average molecular weight is 207 g/mol. The molecule has 1 heterocycles. The van der Waals surface area contributed by atoms with Gasteiger partial charge in [0.15, 0.2) is 0 Å². The van der Waals surface area contributed by atoms with Crippen LogP contribution < -0.4 is 5.73 Å². The van der Waals surface area contributed by atoms with Crippen LogP contribution in [0.1, 0.15) is 18.9 Å². The Morgan fingerprint density at radius 1 is 1.67 bits per heavy atom. The fraction of sp³-hybridized carbons (Fsp3) is 0.455. The molecule has 0 aliphatic carbocycles.